The van der Waals surface area contributed by atoms with E-state index in [1.54, 1.807) is 10.9 Å². The summed E-state index contributed by atoms with van der Waals surface area (Å²) in [5, 5.41) is 0. The summed E-state index contributed by atoms with van der Waals surface area (Å²) in [6.45, 7) is 4.42. The maximum Gasteiger partial charge on any atom is 0.402 e. The van der Waals surface area contributed by atoms with Crippen molar-refractivity contribution in [2.24, 2.45) is 0 Å². The van der Waals surface area contributed by atoms with Gasteiger partial charge in [-0.1, -0.05) is 0 Å². The normalized spacial score (nSPS) is 10.5. The highest BCUT2D eigenvalue weighted by molar-refractivity contribution is 5.78. The number of hydrogen-bond donors (Lipinski definition) is 2. The van der Waals surface area contributed by atoms with Crippen molar-refractivity contribution in [2.45, 2.75) is 6.18 Å². The molecule has 0 aliphatic rings. The van der Waals surface area contributed by atoms with Crippen molar-refractivity contribution in [3.63, 3.8) is 0 Å². The minimum Gasteiger partial charge on any atom is -0.306 e. The molecular formula is C5H6F3N3O. The number of carbonyl (C=O) groups excluding carboxylic acids is 1. The van der Waals surface area contributed by atoms with Gasteiger partial charge >= 0.3 is 12.1 Å². The van der Waals surface area contributed by atoms with Crippen LogP contribution in [-0.4, -0.2) is 25.2 Å². The SMILES string of the molecule is [C-]#[N+]CC(=O)NNCC(F)(F)F. The van der Waals surface area contributed by atoms with E-state index in [9.17, 15) is 18.0 Å². The molecule has 0 bridgehead atoms. The number of rotatable bonds is 3. The first-order chi connectivity index (χ1) is 5.45. The lowest BCUT2D eigenvalue weighted by Crippen LogP contribution is -2.43. The first-order valence-electron chi connectivity index (χ1n) is 2.87. The fourth-order valence-electron chi connectivity index (χ4n) is 0.354. The summed E-state index contributed by atoms with van der Waals surface area (Å²) in [7, 11) is 0. The Labute approximate surface area is 66.5 Å². The topological polar surface area (TPSA) is 45.5 Å². The average molecular weight is 181 g/mol. The molecule has 0 saturated heterocycles. The van der Waals surface area contributed by atoms with Crippen molar-refractivity contribution in [1.29, 1.82) is 0 Å². The molecule has 7 heteroatoms. The summed E-state index contributed by atoms with van der Waals surface area (Å²) in [6.07, 6.45) is -4.37. The summed E-state index contributed by atoms with van der Waals surface area (Å²) in [5.74, 6) is -0.783. The summed E-state index contributed by atoms with van der Waals surface area (Å²) >= 11 is 0. The second-order valence-corrected chi connectivity index (χ2v) is 1.83. The number of hydrazine groups is 1. The Morgan fingerprint density at radius 3 is 2.50 bits per heavy atom. The molecule has 0 aromatic rings. The molecule has 0 aromatic carbocycles. The molecule has 0 aliphatic heterocycles. The highest BCUT2D eigenvalue weighted by atomic mass is 19.4. The van der Waals surface area contributed by atoms with Crippen molar-refractivity contribution >= 4 is 5.91 Å². The van der Waals surface area contributed by atoms with Gasteiger partial charge in [0.05, 0.1) is 0 Å². The molecule has 0 spiro atoms. The van der Waals surface area contributed by atoms with Crippen LogP contribution < -0.4 is 10.9 Å². The minimum absolute atomic E-state index is 0.481. The quantitative estimate of drug-likeness (QED) is 0.478. The van der Waals surface area contributed by atoms with Gasteiger partial charge in [-0.05, 0) is 0 Å². The van der Waals surface area contributed by atoms with Crippen LogP contribution in [0.15, 0.2) is 0 Å². The summed E-state index contributed by atoms with van der Waals surface area (Å²) < 4.78 is 34.3. The molecule has 0 heterocycles. The standard InChI is InChI=1S/C5H6F3N3O/c1-9-2-4(12)11-10-3-5(6,7)8/h10H,2-3H2,(H,11,12). The van der Waals surface area contributed by atoms with E-state index < -0.39 is 25.2 Å². The summed E-state index contributed by atoms with van der Waals surface area (Å²) in [4.78, 5) is 13.0. The molecule has 0 saturated carbocycles. The number of halogens is 3. The van der Waals surface area contributed by atoms with Gasteiger partial charge < -0.3 is 4.85 Å². The largest absolute Gasteiger partial charge is 0.402 e. The molecule has 0 fully saturated rings. The Kier molecular flexibility index (Phi) is 4.07. The molecule has 68 valence electrons. The fourth-order valence-corrected chi connectivity index (χ4v) is 0.354. The van der Waals surface area contributed by atoms with Crippen LogP contribution in [0.25, 0.3) is 4.85 Å². The van der Waals surface area contributed by atoms with Crippen molar-refractivity contribution in [1.82, 2.24) is 10.9 Å². The zero-order valence-corrected chi connectivity index (χ0v) is 5.90. The highest BCUT2D eigenvalue weighted by Gasteiger charge is 2.26. The van der Waals surface area contributed by atoms with Crippen LogP contribution in [0.3, 0.4) is 0 Å². The molecule has 0 rings (SSSR count). The number of nitrogens with zero attached hydrogens (tertiary/aromatic N) is 1. The monoisotopic (exact) mass is 181 g/mol. The van der Waals surface area contributed by atoms with Crippen molar-refractivity contribution in [3.8, 4) is 0 Å². The lowest BCUT2D eigenvalue weighted by molar-refractivity contribution is -0.131. The zero-order valence-electron chi connectivity index (χ0n) is 5.90. The van der Waals surface area contributed by atoms with Crippen molar-refractivity contribution in [2.75, 3.05) is 13.1 Å². The molecule has 0 aromatic heterocycles. The lowest BCUT2D eigenvalue weighted by Gasteiger charge is -2.06. The van der Waals surface area contributed by atoms with Crippen LogP contribution in [0.1, 0.15) is 0 Å². The van der Waals surface area contributed by atoms with Gasteiger partial charge in [-0.15, -0.1) is 0 Å². The van der Waals surface area contributed by atoms with Gasteiger partial charge in [0.1, 0.15) is 6.54 Å². The number of hydrogen-bond acceptors (Lipinski definition) is 2. The number of amides is 1. The van der Waals surface area contributed by atoms with Gasteiger partial charge in [0.15, 0.2) is 0 Å². The highest BCUT2D eigenvalue weighted by Crippen LogP contribution is 2.11. The van der Waals surface area contributed by atoms with E-state index >= 15 is 0 Å². The molecule has 0 unspecified atom stereocenters. The molecule has 1 amide bonds. The average Bonchev–Trinajstić information content (AvgIpc) is 1.84. The fraction of sp³-hybridized carbons (Fsp3) is 0.600. The third kappa shape index (κ3) is 6.82. The van der Waals surface area contributed by atoms with E-state index in [1.807, 2.05) is 0 Å². The minimum atomic E-state index is -4.37. The van der Waals surface area contributed by atoms with Crippen LogP contribution in [0.2, 0.25) is 0 Å². The van der Waals surface area contributed by atoms with Crippen LogP contribution in [0.4, 0.5) is 13.2 Å². The lowest BCUT2D eigenvalue weighted by atomic mass is 10.6. The maximum atomic E-state index is 11.4. The molecule has 12 heavy (non-hydrogen) atoms. The van der Waals surface area contributed by atoms with Crippen LogP contribution in [-0.2, 0) is 4.79 Å². The third-order valence-electron chi connectivity index (χ3n) is 0.739. The molecule has 0 radical (unpaired) electrons. The second-order valence-electron chi connectivity index (χ2n) is 1.83. The van der Waals surface area contributed by atoms with Crippen molar-refractivity contribution < 1.29 is 18.0 Å². The molecular weight excluding hydrogens is 175 g/mol. The maximum absolute atomic E-state index is 11.4. The predicted octanol–water partition coefficient (Wildman–Crippen LogP) is 0.0888. The smallest absolute Gasteiger partial charge is 0.306 e. The van der Waals surface area contributed by atoms with E-state index in [0.717, 1.165) is 0 Å². The van der Waals surface area contributed by atoms with Gasteiger partial charge in [0.25, 0.3) is 6.54 Å². The van der Waals surface area contributed by atoms with E-state index in [-0.39, 0.29) is 0 Å². The van der Waals surface area contributed by atoms with Crippen LogP contribution in [0, 0.1) is 6.57 Å². The van der Waals surface area contributed by atoms with Gasteiger partial charge in [0, 0.05) is 0 Å². The van der Waals surface area contributed by atoms with Crippen molar-refractivity contribution in [3.05, 3.63) is 11.4 Å². The third-order valence-corrected chi connectivity index (χ3v) is 0.739. The van der Waals surface area contributed by atoms with E-state index in [0.29, 0.717) is 0 Å². The Morgan fingerprint density at radius 2 is 2.08 bits per heavy atom. The molecule has 0 atom stereocenters. The first kappa shape index (κ1) is 10.7. The van der Waals surface area contributed by atoms with Crippen LogP contribution in [0.5, 0.6) is 0 Å². The van der Waals surface area contributed by atoms with Gasteiger partial charge in [-0.3, -0.25) is 10.2 Å². The summed E-state index contributed by atoms with van der Waals surface area (Å²) in [5.41, 5.74) is 3.36. The Hall–Kier alpha value is -1.29. The Balaban J connectivity index is 3.45. The number of nitrogens with one attached hydrogen (secondary N) is 2. The van der Waals surface area contributed by atoms with Crippen LogP contribution >= 0.6 is 0 Å². The second kappa shape index (κ2) is 4.56. The van der Waals surface area contributed by atoms with Gasteiger partial charge in [-0.2, -0.15) is 13.2 Å². The van der Waals surface area contributed by atoms with Gasteiger partial charge in [-0.25, -0.2) is 12.0 Å². The zero-order chi connectivity index (χ0) is 9.61. The Bertz CT molecular complexity index is 195. The molecule has 2 N–H and O–H groups in total. The van der Waals surface area contributed by atoms with E-state index in [1.165, 1.54) is 0 Å². The molecule has 0 aliphatic carbocycles. The Morgan fingerprint density at radius 1 is 1.50 bits per heavy atom. The van der Waals surface area contributed by atoms with Gasteiger partial charge in [0.2, 0.25) is 0 Å². The number of alkyl halides is 3. The van der Waals surface area contributed by atoms with E-state index in [2.05, 4.69) is 4.85 Å². The summed E-state index contributed by atoms with van der Waals surface area (Å²) in [6, 6.07) is 0. The van der Waals surface area contributed by atoms with E-state index in [4.69, 9.17) is 6.57 Å². The molecule has 4 nitrogen and oxygen atoms in total. The predicted molar refractivity (Wildman–Crippen MR) is 33.7 cm³/mol. The number of carbonyl (C=O) groups is 1. The first-order valence-corrected chi connectivity index (χ1v) is 2.87.